The third-order valence-electron chi connectivity index (χ3n) is 0.840. The first-order chi connectivity index (χ1) is 5.39. The molecule has 0 unspecified atom stereocenters. The highest BCUT2D eigenvalue weighted by molar-refractivity contribution is 6.49. The summed E-state index contributed by atoms with van der Waals surface area (Å²) in [6, 6.07) is 0. The van der Waals surface area contributed by atoms with Crippen molar-refractivity contribution in [2.75, 3.05) is 7.11 Å². The first kappa shape index (κ1) is 11.3. The second-order valence-corrected chi connectivity index (χ2v) is 3.66. The van der Waals surface area contributed by atoms with Gasteiger partial charge in [0, 0.05) is 12.7 Å². The summed E-state index contributed by atoms with van der Waals surface area (Å²) < 4.78 is 8.01. The van der Waals surface area contributed by atoms with E-state index in [2.05, 4.69) is 20.5 Å². The largest absolute Gasteiger partial charge is 0.711 e. The van der Waals surface area contributed by atoms with Crippen molar-refractivity contribution in [3.8, 4) is 0 Å². The lowest BCUT2D eigenvalue weighted by molar-refractivity contribution is -0.246. The summed E-state index contributed by atoms with van der Waals surface area (Å²) >= 11 is 0. The van der Waals surface area contributed by atoms with Crippen LogP contribution in [0.3, 0.4) is 0 Å². The van der Waals surface area contributed by atoms with E-state index in [0.717, 1.165) is 7.11 Å². The smallest absolute Gasteiger partial charge is 0.366 e. The van der Waals surface area contributed by atoms with Gasteiger partial charge in [-0.15, -0.1) is 4.58 Å². The molecule has 2 N–H and O–H groups in total. The van der Waals surface area contributed by atoms with Crippen molar-refractivity contribution in [3.63, 3.8) is 0 Å². The highest BCUT2D eigenvalue weighted by Crippen LogP contribution is 2.00. The van der Waals surface area contributed by atoms with Gasteiger partial charge in [-0.05, 0) is 6.92 Å². The zero-order valence-electron chi connectivity index (χ0n) is 6.73. The van der Waals surface area contributed by atoms with E-state index in [1.54, 1.807) is 0 Å². The van der Waals surface area contributed by atoms with Crippen LogP contribution in [0.15, 0.2) is 12.2 Å². The van der Waals surface area contributed by atoms with E-state index in [1.165, 1.54) is 6.92 Å². The van der Waals surface area contributed by atoms with Crippen LogP contribution < -0.4 is 0 Å². The van der Waals surface area contributed by atoms with Gasteiger partial charge in [0.05, 0.1) is 0 Å². The van der Waals surface area contributed by atoms with Crippen molar-refractivity contribution < 1.29 is 28.3 Å². The van der Waals surface area contributed by atoms with Crippen LogP contribution in [0.25, 0.3) is 0 Å². The molecule has 0 saturated heterocycles. The van der Waals surface area contributed by atoms with Crippen LogP contribution in [0.2, 0.25) is 0 Å². The van der Waals surface area contributed by atoms with Crippen LogP contribution in [-0.4, -0.2) is 31.7 Å². The fraction of sp³-hybridized carbons (Fsp3) is 0.400. The molecule has 70 valence electrons. The van der Waals surface area contributed by atoms with E-state index in [9.17, 15) is 4.79 Å². The van der Waals surface area contributed by atoms with Crippen molar-refractivity contribution >= 4 is 15.0 Å². The van der Waals surface area contributed by atoms with Crippen LogP contribution in [0.4, 0.5) is 0 Å². The summed E-state index contributed by atoms with van der Waals surface area (Å²) in [5, 5.41) is 0. The number of hydrogen-bond donors (Lipinski definition) is 2. The zero-order valence-corrected chi connectivity index (χ0v) is 7.73. The highest BCUT2D eigenvalue weighted by Gasteiger charge is 2.38. The average Bonchev–Trinajstić information content (AvgIpc) is 2.00. The normalized spacial score (nSPS) is 11.0. The number of carbonyl (C=O) groups excluding carboxylic acids is 1. The van der Waals surface area contributed by atoms with Crippen molar-refractivity contribution in [1.82, 2.24) is 0 Å². The van der Waals surface area contributed by atoms with Crippen LogP contribution >= 0.6 is 0 Å². The Morgan fingerprint density at radius 3 is 2.33 bits per heavy atom. The molecule has 0 rings (SSSR count). The Kier molecular flexibility index (Phi) is 4.07. The molecule has 0 amide bonds. The molecule has 6 nitrogen and oxygen atoms in total. The monoisotopic (exact) mass is 194 g/mol. The SMILES string of the molecule is C=C(C)C(=O)OO[Si](O)(O)OC. The Balaban J connectivity index is 3.83. The second-order valence-electron chi connectivity index (χ2n) is 1.99. The zero-order chi connectivity index (χ0) is 9.78. The number of rotatable bonds is 4. The Morgan fingerprint density at radius 2 is 2.00 bits per heavy atom. The maximum Gasteiger partial charge on any atom is 0.711 e. The van der Waals surface area contributed by atoms with Gasteiger partial charge in [0.2, 0.25) is 0 Å². The van der Waals surface area contributed by atoms with Crippen molar-refractivity contribution in [3.05, 3.63) is 12.2 Å². The standard InChI is InChI=1S/C5H10O6Si/c1-4(2)5(6)10-11-12(7,8)9-3/h7-8H,1H2,2-3H3. The average molecular weight is 194 g/mol. The summed E-state index contributed by atoms with van der Waals surface area (Å²) in [6.07, 6.45) is 0. The Morgan fingerprint density at radius 1 is 1.50 bits per heavy atom. The molecule has 0 aliphatic heterocycles. The quantitative estimate of drug-likeness (QED) is 0.261. The summed E-state index contributed by atoms with van der Waals surface area (Å²) in [6.45, 7) is 4.62. The van der Waals surface area contributed by atoms with Gasteiger partial charge >= 0.3 is 15.0 Å². The summed E-state index contributed by atoms with van der Waals surface area (Å²) in [7, 11) is -3.26. The maximum absolute atomic E-state index is 10.6. The lowest BCUT2D eigenvalue weighted by atomic mass is 10.4. The van der Waals surface area contributed by atoms with Crippen molar-refractivity contribution in [2.24, 2.45) is 0 Å². The lowest BCUT2D eigenvalue weighted by Gasteiger charge is -2.11. The minimum absolute atomic E-state index is 0.0795. The number of hydrogen-bond acceptors (Lipinski definition) is 6. The third kappa shape index (κ3) is 4.21. The van der Waals surface area contributed by atoms with E-state index in [4.69, 9.17) is 9.59 Å². The maximum atomic E-state index is 10.6. The molecular weight excluding hydrogens is 184 g/mol. The van der Waals surface area contributed by atoms with Gasteiger partial charge in [0.1, 0.15) is 0 Å². The van der Waals surface area contributed by atoms with E-state index in [-0.39, 0.29) is 5.57 Å². The molecule has 0 fully saturated rings. The van der Waals surface area contributed by atoms with Gasteiger partial charge in [-0.3, -0.25) is 4.89 Å². The van der Waals surface area contributed by atoms with Gasteiger partial charge in [-0.25, -0.2) is 4.79 Å². The van der Waals surface area contributed by atoms with Gasteiger partial charge in [-0.1, -0.05) is 6.58 Å². The molecule has 0 aliphatic rings. The fourth-order valence-electron chi connectivity index (χ4n) is 0.197. The minimum Gasteiger partial charge on any atom is -0.366 e. The van der Waals surface area contributed by atoms with Crippen LogP contribution in [-0.2, 0) is 18.7 Å². The fourth-order valence-corrected chi connectivity index (χ4v) is 0.450. The topological polar surface area (TPSA) is 85.2 Å². The highest BCUT2D eigenvalue weighted by atomic mass is 28.4. The summed E-state index contributed by atoms with van der Waals surface area (Å²) in [5.74, 6) is -0.882. The van der Waals surface area contributed by atoms with E-state index >= 15 is 0 Å². The molecule has 0 heterocycles. The summed E-state index contributed by atoms with van der Waals surface area (Å²) in [5.41, 5.74) is 0.0795. The van der Waals surface area contributed by atoms with Crippen molar-refractivity contribution in [2.45, 2.75) is 6.92 Å². The molecule has 0 bridgehead atoms. The Hall–Kier alpha value is -0.733. The predicted molar refractivity (Wildman–Crippen MR) is 39.2 cm³/mol. The Labute approximate surface area is 70.4 Å². The van der Waals surface area contributed by atoms with E-state index in [0.29, 0.717) is 0 Å². The molecule has 0 aromatic rings. The molecule has 0 radical (unpaired) electrons. The molecule has 7 heteroatoms. The van der Waals surface area contributed by atoms with Gasteiger partial charge in [-0.2, -0.15) is 0 Å². The third-order valence-corrected chi connectivity index (χ3v) is 1.67. The van der Waals surface area contributed by atoms with Crippen LogP contribution in [0.1, 0.15) is 6.92 Å². The molecule has 12 heavy (non-hydrogen) atoms. The second kappa shape index (κ2) is 4.33. The molecular formula is C5H10O6Si. The molecule has 0 saturated carbocycles. The van der Waals surface area contributed by atoms with Gasteiger partial charge < -0.3 is 14.0 Å². The minimum atomic E-state index is -4.27. The van der Waals surface area contributed by atoms with Crippen LogP contribution in [0.5, 0.6) is 0 Å². The van der Waals surface area contributed by atoms with Gasteiger partial charge in [0.25, 0.3) is 0 Å². The first-order valence-corrected chi connectivity index (χ1v) is 4.65. The van der Waals surface area contributed by atoms with E-state index in [1.807, 2.05) is 0 Å². The van der Waals surface area contributed by atoms with E-state index < -0.39 is 15.0 Å². The molecule has 0 aliphatic carbocycles. The first-order valence-electron chi connectivity index (χ1n) is 2.94. The molecule has 0 aromatic carbocycles. The molecule has 0 aromatic heterocycles. The predicted octanol–water partition coefficient (Wildman–Crippen LogP) is -0.896. The summed E-state index contributed by atoms with van der Waals surface area (Å²) in [4.78, 5) is 32.0. The van der Waals surface area contributed by atoms with Crippen molar-refractivity contribution in [1.29, 1.82) is 0 Å². The van der Waals surface area contributed by atoms with Gasteiger partial charge in [0.15, 0.2) is 0 Å². The molecule has 0 spiro atoms. The Bertz CT molecular complexity index is 188. The molecule has 0 atom stereocenters. The number of carbonyl (C=O) groups is 1. The lowest BCUT2D eigenvalue weighted by Crippen LogP contribution is -2.42. The van der Waals surface area contributed by atoms with Crippen LogP contribution in [0, 0.1) is 0 Å².